The Morgan fingerprint density at radius 2 is 2.15 bits per heavy atom. The molecule has 1 aliphatic heterocycles. The molecular weight excluding hydrogens is 376 g/mol. The Morgan fingerprint density at radius 1 is 1.38 bits per heavy atom. The van der Waals surface area contributed by atoms with Crippen LogP contribution in [0.3, 0.4) is 0 Å². The van der Waals surface area contributed by atoms with E-state index in [4.69, 9.17) is 16.3 Å². The predicted octanol–water partition coefficient (Wildman–Crippen LogP) is 3.06. The van der Waals surface area contributed by atoms with E-state index in [1.165, 1.54) is 23.5 Å². The number of benzene rings is 1. The van der Waals surface area contributed by atoms with E-state index >= 15 is 0 Å². The molecule has 0 saturated carbocycles. The van der Waals surface area contributed by atoms with Gasteiger partial charge in [-0.3, -0.25) is 4.79 Å². The Labute approximate surface area is 160 Å². The van der Waals surface area contributed by atoms with Crippen molar-refractivity contribution in [3.05, 3.63) is 23.2 Å². The summed E-state index contributed by atoms with van der Waals surface area (Å²) in [6.45, 7) is 3.31. The highest BCUT2D eigenvalue weighted by molar-refractivity contribution is 7.89. The Kier molecular flexibility index (Phi) is 7.73. The van der Waals surface area contributed by atoms with Crippen molar-refractivity contribution in [3.8, 4) is 5.75 Å². The van der Waals surface area contributed by atoms with Crippen LogP contribution < -0.4 is 10.1 Å². The van der Waals surface area contributed by atoms with Crippen molar-refractivity contribution in [3.63, 3.8) is 0 Å². The summed E-state index contributed by atoms with van der Waals surface area (Å²) in [5.41, 5.74) is 0. The highest BCUT2D eigenvalue weighted by Crippen LogP contribution is 2.31. The Morgan fingerprint density at radius 3 is 2.85 bits per heavy atom. The van der Waals surface area contributed by atoms with Crippen LogP contribution in [0.25, 0.3) is 0 Å². The number of piperidine rings is 1. The van der Waals surface area contributed by atoms with Gasteiger partial charge < -0.3 is 10.1 Å². The van der Waals surface area contributed by atoms with Gasteiger partial charge >= 0.3 is 0 Å². The number of methoxy groups -OCH3 is 1. The van der Waals surface area contributed by atoms with Gasteiger partial charge in [-0.25, -0.2) is 8.42 Å². The standard InChI is InChI=1S/C18H27ClN2O4S/c1-3-4-5-10-20-18(22)14-7-6-11-21(13-14)26(23,24)17-12-15(19)8-9-16(17)25-2/h8-9,12,14H,3-7,10-11,13H2,1-2H3,(H,20,22)/t14-/m0/s1. The molecule has 1 atom stereocenters. The van der Waals surface area contributed by atoms with Crippen molar-refractivity contribution in [1.82, 2.24) is 9.62 Å². The lowest BCUT2D eigenvalue weighted by Gasteiger charge is -2.31. The van der Waals surface area contributed by atoms with Crippen LogP contribution >= 0.6 is 11.6 Å². The monoisotopic (exact) mass is 402 g/mol. The molecule has 0 radical (unpaired) electrons. The molecule has 6 nitrogen and oxygen atoms in total. The number of amides is 1. The molecule has 2 rings (SSSR count). The van der Waals surface area contributed by atoms with E-state index in [1.54, 1.807) is 6.07 Å². The van der Waals surface area contributed by atoms with E-state index < -0.39 is 10.0 Å². The highest BCUT2D eigenvalue weighted by Gasteiger charge is 2.34. The van der Waals surface area contributed by atoms with Gasteiger partial charge in [-0.2, -0.15) is 4.31 Å². The summed E-state index contributed by atoms with van der Waals surface area (Å²) >= 11 is 5.98. The molecule has 0 bridgehead atoms. The van der Waals surface area contributed by atoms with E-state index in [9.17, 15) is 13.2 Å². The molecule has 146 valence electrons. The zero-order chi connectivity index (χ0) is 19.2. The molecule has 8 heteroatoms. The van der Waals surface area contributed by atoms with Crippen LogP contribution in [0, 0.1) is 5.92 Å². The summed E-state index contributed by atoms with van der Waals surface area (Å²) in [5.74, 6) is -0.148. The summed E-state index contributed by atoms with van der Waals surface area (Å²) in [6.07, 6.45) is 4.44. The number of ether oxygens (including phenoxy) is 1. The Balaban J connectivity index is 2.10. The number of halogens is 1. The van der Waals surface area contributed by atoms with Gasteiger partial charge in [0.1, 0.15) is 10.6 Å². The van der Waals surface area contributed by atoms with Crippen molar-refractivity contribution in [1.29, 1.82) is 0 Å². The number of hydrogen-bond donors (Lipinski definition) is 1. The average Bonchev–Trinajstić information content (AvgIpc) is 2.65. The lowest BCUT2D eigenvalue weighted by Crippen LogP contribution is -2.45. The van der Waals surface area contributed by atoms with E-state index in [1.807, 2.05) is 0 Å². The summed E-state index contributed by atoms with van der Waals surface area (Å²) in [7, 11) is -2.36. The number of carbonyl (C=O) groups excluding carboxylic acids is 1. The molecule has 1 aromatic rings. The topological polar surface area (TPSA) is 75.7 Å². The van der Waals surface area contributed by atoms with Crippen molar-refractivity contribution < 1.29 is 17.9 Å². The minimum Gasteiger partial charge on any atom is -0.495 e. The fraction of sp³-hybridized carbons (Fsp3) is 0.611. The lowest BCUT2D eigenvalue weighted by molar-refractivity contribution is -0.126. The molecule has 0 aliphatic carbocycles. The van der Waals surface area contributed by atoms with E-state index in [0.717, 1.165) is 19.3 Å². The van der Waals surface area contributed by atoms with E-state index in [2.05, 4.69) is 12.2 Å². The van der Waals surface area contributed by atoms with Gasteiger partial charge in [0.25, 0.3) is 0 Å². The Bertz CT molecular complexity index is 724. The van der Waals surface area contributed by atoms with Gasteiger partial charge in [-0.05, 0) is 37.5 Å². The number of hydrogen-bond acceptors (Lipinski definition) is 4. The summed E-state index contributed by atoms with van der Waals surface area (Å²) in [4.78, 5) is 12.4. The first-order valence-corrected chi connectivity index (χ1v) is 10.8. The summed E-state index contributed by atoms with van der Waals surface area (Å²) in [6, 6.07) is 4.52. The molecule has 1 saturated heterocycles. The van der Waals surface area contributed by atoms with Crippen molar-refractivity contribution in [2.75, 3.05) is 26.7 Å². The summed E-state index contributed by atoms with van der Waals surface area (Å²) in [5, 5.41) is 3.25. The third kappa shape index (κ3) is 5.11. The smallest absolute Gasteiger partial charge is 0.246 e. The van der Waals surface area contributed by atoms with Crippen molar-refractivity contribution in [2.45, 2.75) is 43.9 Å². The molecule has 0 unspecified atom stereocenters. The molecule has 1 fully saturated rings. The Hall–Kier alpha value is -1.31. The SMILES string of the molecule is CCCCCNC(=O)[C@H]1CCCN(S(=O)(=O)c2cc(Cl)ccc2OC)C1. The number of nitrogens with one attached hydrogen (secondary N) is 1. The van der Waals surface area contributed by atoms with E-state index in [-0.39, 0.29) is 29.0 Å². The largest absolute Gasteiger partial charge is 0.495 e. The first-order valence-electron chi connectivity index (χ1n) is 9.01. The second-order valence-corrected chi connectivity index (χ2v) is 8.84. The fourth-order valence-corrected chi connectivity index (χ4v) is 5.04. The van der Waals surface area contributed by atoms with Crippen LogP contribution in [0.2, 0.25) is 5.02 Å². The van der Waals surface area contributed by atoms with Crippen LogP contribution in [-0.2, 0) is 14.8 Å². The molecule has 1 aromatic carbocycles. The lowest BCUT2D eigenvalue weighted by atomic mass is 9.99. The molecule has 1 heterocycles. The maximum atomic E-state index is 13.0. The van der Waals surface area contributed by atoms with Crippen molar-refractivity contribution >= 4 is 27.5 Å². The first-order chi connectivity index (χ1) is 12.4. The molecule has 1 N–H and O–H groups in total. The van der Waals surface area contributed by atoms with Gasteiger partial charge in [0.15, 0.2) is 0 Å². The van der Waals surface area contributed by atoms with E-state index in [0.29, 0.717) is 31.0 Å². The number of rotatable bonds is 8. The zero-order valence-electron chi connectivity index (χ0n) is 15.3. The van der Waals surface area contributed by atoms with Gasteiger partial charge in [-0.15, -0.1) is 0 Å². The van der Waals surface area contributed by atoms with Crippen LogP contribution in [0.1, 0.15) is 39.0 Å². The number of unbranched alkanes of at least 4 members (excludes halogenated alkanes) is 2. The van der Waals surface area contributed by atoms with Crippen LogP contribution in [0.4, 0.5) is 0 Å². The quantitative estimate of drug-likeness (QED) is 0.678. The predicted molar refractivity (Wildman–Crippen MR) is 102 cm³/mol. The molecule has 0 spiro atoms. The third-order valence-electron chi connectivity index (χ3n) is 4.58. The second kappa shape index (κ2) is 9.58. The van der Waals surface area contributed by atoms with Gasteiger partial charge in [0, 0.05) is 24.7 Å². The number of carbonyl (C=O) groups is 1. The minimum absolute atomic E-state index is 0.0384. The fourth-order valence-electron chi connectivity index (χ4n) is 3.10. The molecule has 1 amide bonds. The van der Waals surface area contributed by atoms with Crippen LogP contribution in [0.5, 0.6) is 5.75 Å². The number of sulfonamides is 1. The van der Waals surface area contributed by atoms with Gasteiger partial charge in [0.05, 0.1) is 13.0 Å². The van der Waals surface area contributed by atoms with Crippen LogP contribution in [0.15, 0.2) is 23.1 Å². The number of nitrogens with zero attached hydrogens (tertiary/aromatic N) is 1. The average molecular weight is 403 g/mol. The minimum atomic E-state index is -3.78. The zero-order valence-corrected chi connectivity index (χ0v) is 16.9. The molecular formula is C18H27ClN2O4S. The molecule has 1 aliphatic rings. The van der Waals surface area contributed by atoms with Crippen LogP contribution in [-0.4, -0.2) is 45.4 Å². The third-order valence-corrected chi connectivity index (χ3v) is 6.70. The maximum Gasteiger partial charge on any atom is 0.246 e. The van der Waals surface area contributed by atoms with Gasteiger partial charge in [-0.1, -0.05) is 31.4 Å². The molecule has 0 aromatic heterocycles. The first kappa shape index (κ1) is 21.0. The maximum absolute atomic E-state index is 13.0. The summed E-state index contributed by atoms with van der Waals surface area (Å²) < 4.78 is 32.6. The van der Waals surface area contributed by atoms with Crippen molar-refractivity contribution in [2.24, 2.45) is 5.92 Å². The normalized spacial score (nSPS) is 18.5. The second-order valence-electron chi connectivity index (χ2n) is 6.50. The van der Waals surface area contributed by atoms with Gasteiger partial charge in [0.2, 0.25) is 15.9 Å². The molecule has 26 heavy (non-hydrogen) atoms. The highest BCUT2D eigenvalue weighted by atomic mass is 35.5.